The molecule has 2 rings (SSSR count). The van der Waals surface area contributed by atoms with Crippen molar-refractivity contribution in [2.75, 3.05) is 11.9 Å². The summed E-state index contributed by atoms with van der Waals surface area (Å²) in [4.78, 5) is 8.49. The summed E-state index contributed by atoms with van der Waals surface area (Å²) in [7, 11) is 0. The lowest BCUT2D eigenvalue weighted by atomic mass is 10.1. The maximum Gasteiger partial charge on any atom is 0.147 e. The second kappa shape index (κ2) is 4.76. The average molecular weight is 236 g/mol. The number of rotatable bonds is 4. The molecule has 16 heavy (non-hydrogen) atoms. The molecule has 3 N–H and O–H groups in total. The fraction of sp³-hybridized carbons (Fsp3) is 0.455. The van der Waals surface area contributed by atoms with Crippen LogP contribution in [0.2, 0.25) is 0 Å². The van der Waals surface area contributed by atoms with Crippen molar-refractivity contribution in [2.45, 2.75) is 19.9 Å². The van der Waals surface area contributed by atoms with Gasteiger partial charge in [0.15, 0.2) is 0 Å². The lowest BCUT2D eigenvalue weighted by Crippen LogP contribution is -2.34. The molecule has 0 aliphatic carbocycles. The Morgan fingerprint density at radius 3 is 2.94 bits per heavy atom. The van der Waals surface area contributed by atoms with Gasteiger partial charge in [0.2, 0.25) is 0 Å². The van der Waals surface area contributed by atoms with Gasteiger partial charge in [0.05, 0.1) is 10.2 Å². The molecule has 0 bridgehead atoms. The Kier molecular flexibility index (Phi) is 3.36. The average Bonchev–Trinajstić information content (AvgIpc) is 2.73. The molecular formula is C11H16N4S. The number of aromatic nitrogens is 2. The van der Waals surface area contributed by atoms with Crippen LogP contribution in [0.15, 0.2) is 17.8 Å². The third-order valence-electron chi connectivity index (χ3n) is 2.62. The maximum absolute atomic E-state index is 5.74. The van der Waals surface area contributed by atoms with Crippen LogP contribution in [0.3, 0.4) is 0 Å². The third-order valence-corrected chi connectivity index (χ3v) is 3.53. The van der Waals surface area contributed by atoms with E-state index in [9.17, 15) is 0 Å². The predicted molar refractivity (Wildman–Crippen MR) is 68.7 cm³/mol. The van der Waals surface area contributed by atoms with Crippen LogP contribution in [0, 0.1) is 5.92 Å². The summed E-state index contributed by atoms with van der Waals surface area (Å²) in [6.07, 6.45) is 1.59. The number of nitrogens with one attached hydrogen (secondary N) is 1. The van der Waals surface area contributed by atoms with Crippen molar-refractivity contribution in [1.82, 2.24) is 9.97 Å². The Morgan fingerprint density at radius 1 is 1.44 bits per heavy atom. The molecule has 0 aromatic carbocycles. The number of hydrogen-bond donors (Lipinski definition) is 2. The van der Waals surface area contributed by atoms with E-state index in [-0.39, 0.29) is 6.04 Å². The van der Waals surface area contributed by atoms with Gasteiger partial charge >= 0.3 is 0 Å². The summed E-state index contributed by atoms with van der Waals surface area (Å²) >= 11 is 1.65. The highest BCUT2D eigenvalue weighted by Gasteiger charge is 2.13. The van der Waals surface area contributed by atoms with Gasteiger partial charge in [-0.25, -0.2) is 9.97 Å². The summed E-state index contributed by atoms with van der Waals surface area (Å²) in [5.41, 5.74) is 6.73. The van der Waals surface area contributed by atoms with Crippen LogP contribution in [-0.4, -0.2) is 22.6 Å². The van der Waals surface area contributed by atoms with Crippen molar-refractivity contribution < 1.29 is 0 Å². The summed E-state index contributed by atoms with van der Waals surface area (Å²) in [5.74, 6) is 1.37. The number of nitrogens with two attached hydrogens (primary N) is 1. The van der Waals surface area contributed by atoms with Crippen LogP contribution >= 0.6 is 11.3 Å². The first-order chi connectivity index (χ1) is 7.72. The van der Waals surface area contributed by atoms with E-state index in [4.69, 9.17) is 5.73 Å². The zero-order valence-corrected chi connectivity index (χ0v) is 10.3. The van der Waals surface area contributed by atoms with Crippen LogP contribution in [0.5, 0.6) is 0 Å². The zero-order valence-electron chi connectivity index (χ0n) is 9.47. The molecule has 1 atom stereocenters. The molecule has 0 aliphatic heterocycles. The Morgan fingerprint density at radius 2 is 2.25 bits per heavy atom. The second-order valence-corrected chi connectivity index (χ2v) is 5.00. The Hall–Kier alpha value is -1.20. The molecule has 0 radical (unpaired) electrons. The van der Waals surface area contributed by atoms with E-state index in [1.807, 2.05) is 11.4 Å². The Bertz CT molecular complexity index is 466. The smallest absolute Gasteiger partial charge is 0.147 e. The van der Waals surface area contributed by atoms with E-state index >= 15 is 0 Å². The van der Waals surface area contributed by atoms with Gasteiger partial charge in [0.1, 0.15) is 12.1 Å². The van der Waals surface area contributed by atoms with Gasteiger partial charge in [-0.2, -0.15) is 0 Å². The normalized spacial score (nSPS) is 13.2. The van der Waals surface area contributed by atoms with E-state index in [0.717, 1.165) is 16.0 Å². The van der Waals surface area contributed by atoms with Gasteiger partial charge in [-0.05, 0) is 17.4 Å². The van der Waals surface area contributed by atoms with Gasteiger partial charge in [-0.3, -0.25) is 0 Å². The predicted octanol–water partition coefficient (Wildman–Crippen LogP) is 2.09. The van der Waals surface area contributed by atoms with Crippen LogP contribution in [-0.2, 0) is 0 Å². The van der Waals surface area contributed by atoms with Crippen molar-refractivity contribution >= 4 is 27.4 Å². The van der Waals surface area contributed by atoms with Gasteiger partial charge in [0.25, 0.3) is 0 Å². The van der Waals surface area contributed by atoms with Crippen molar-refractivity contribution in [2.24, 2.45) is 11.7 Å². The first-order valence-corrected chi connectivity index (χ1v) is 6.25. The van der Waals surface area contributed by atoms with Gasteiger partial charge in [-0.15, -0.1) is 11.3 Å². The van der Waals surface area contributed by atoms with Gasteiger partial charge < -0.3 is 11.1 Å². The lowest BCUT2D eigenvalue weighted by molar-refractivity contribution is 0.530. The molecule has 2 heterocycles. The van der Waals surface area contributed by atoms with Crippen molar-refractivity contribution in [3.05, 3.63) is 17.8 Å². The molecule has 86 valence electrons. The highest BCUT2D eigenvalue weighted by molar-refractivity contribution is 7.17. The summed E-state index contributed by atoms with van der Waals surface area (Å²) in [5, 5.41) is 5.42. The van der Waals surface area contributed by atoms with E-state index in [0.29, 0.717) is 12.5 Å². The largest absolute Gasteiger partial charge is 0.365 e. The number of thiophene rings is 1. The van der Waals surface area contributed by atoms with Crippen LogP contribution in [0.1, 0.15) is 13.8 Å². The number of fused-ring (bicyclic) bond motifs is 1. The molecule has 0 spiro atoms. The first kappa shape index (κ1) is 11.3. The fourth-order valence-electron chi connectivity index (χ4n) is 1.56. The summed E-state index contributed by atoms with van der Waals surface area (Å²) < 4.78 is 1.10. The molecule has 1 unspecified atom stereocenters. The molecule has 0 amide bonds. The monoisotopic (exact) mass is 236 g/mol. The Balaban J connectivity index is 2.29. The third kappa shape index (κ3) is 2.15. The van der Waals surface area contributed by atoms with Crippen LogP contribution in [0.4, 0.5) is 5.82 Å². The molecule has 0 saturated heterocycles. The van der Waals surface area contributed by atoms with Crippen molar-refractivity contribution in [3.8, 4) is 0 Å². The molecule has 0 saturated carbocycles. The molecule has 2 aromatic heterocycles. The standard InChI is InChI=1S/C11H16N4S/c1-7(2)9(5-12)15-11-10-8(3-4-16-10)13-6-14-11/h3-4,6-7,9H,5,12H2,1-2H3,(H,13,14,15). The zero-order chi connectivity index (χ0) is 11.5. The van der Waals surface area contributed by atoms with Crippen molar-refractivity contribution in [3.63, 3.8) is 0 Å². The minimum absolute atomic E-state index is 0.250. The summed E-state index contributed by atoms with van der Waals surface area (Å²) in [6.45, 7) is 4.91. The minimum atomic E-state index is 0.250. The molecule has 0 fully saturated rings. The van der Waals surface area contributed by atoms with Gasteiger partial charge in [0, 0.05) is 12.6 Å². The molecule has 0 aliphatic rings. The van der Waals surface area contributed by atoms with E-state index in [1.54, 1.807) is 17.7 Å². The Labute approximate surface area is 98.9 Å². The molecule has 4 nitrogen and oxygen atoms in total. The van der Waals surface area contributed by atoms with E-state index in [2.05, 4.69) is 29.1 Å². The second-order valence-electron chi connectivity index (χ2n) is 4.09. The van der Waals surface area contributed by atoms with Crippen molar-refractivity contribution in [1.29, 1.82) is 0 Å². The SMILES string of the molecule is CC(C)C(CN)Nc1ncnc2ccsc12. The molecule has 5 heteroatoms. The lowest BCUT2D eigenvalue weighted by Gasteiger charge is -2.21. The first-order valence-electron chi connectivity index (χ1n) is 5.37. The van der Waals surface area contributed by atoms with Crippen LogP contribution in [0.25, 0.3) is 10.2 Å². The highest BCUT2D eigenvalue weighted by atomic mass is 32.1. The summed E-state index contributed by atoms with van der Waals surface area (Å²) in [6, 6.07) is 2.25. The fourth-order valence-corrected chi connectivity index (χ4v) is 2.36. The minimum Gasteiger partial charge on any atom is -0.365 e. The van der Waals surface area contributed by atoms with Crippen LogP contribution < -0.4 is 11.1 Å². The number of nitrogens with zero attached hydrogens (tertiary/aromatic N) is 2. The van der Waals surface area contributed by atoms with E-state index in [1.165, 1.54) is 0 Å². The highest BCUT2D eigenvalue weighted by Crippen LogP contribution is 2.25. The topological polar surface area (TPSA) is 63.8 Å². The van der Waals surface area contributed by atoms with E-state index < -0.39 is 0 Å². The molecule has 2 aromatic rings. The molecular weight excluding hydrogens is 220 g/mol. The maximum atomic E-state index is 5.74. The van der Waals surface area contributed by atoms with Gasteiger partial charge in [-0.1, -0.05) is 13.8 Å². The number of hydrogen-bond acceptors (Lipinski definition) is 5. The number of anilines is 1. The quantitative estimate of drug-likeness (QED) is 0.853.